The van der Waals surface area contributed by atoms with Gasteiger partial charge in [-0.1, -0.05) is 6.92 Å². The minimum Gasteiger partial charge on any atom is -0.380 e. The van der Waals surface area contributed by atoms with Crippen LogP contribution >= 0.6 is 0 Å². The number of rotatable bonds is 7. The Morgan fingerprint density at radius 1 is 1.61 bits per heavy atom. The van der Waals surface area contributed by atoms with Gasteiger partial charge >= 0.3 is 0 Å². The van der Waals surface area contributed by atoms with Gasteiger partial charge in [0, 0.05) is 20.2 Å². The van der Waals surface area contributed by atoms with Crippen molar-refractivity contribution in [2.45, 2.75) is 44.8 Å². The summed E-state index contributed by atoms with van der Waals surface area (Å²) in [6.45, 7) is 7.55. The molecule has 1 aliphatic heterocycles. The van der Waals surface area contributed by atoms with Gasteiger partial charge in [-0.2, -0.15) is 0 Å². The topological polar surface area (TPSA) is 67.6 Å². The van der Waals surface area contributed by atoms with Crippen LogP contribution in [0, 0.1) is 0 Å². The second-order valence-electron chi connectivity index (χ2n) is 5.28. The number of nitrogens with two attached hydrogens (primary N) is 1. The van der Waals surface area contributed by atoms with Gasteiger partial charge in [-0.05, 0) is 39.3 Å². The molecule has 1 fully saturated rings. The Balaban J connectivity index is 2.44. The number of ether oxygens (including phenoxy) is 1. The summed E-state index contributed by atoms with van der Waals surface area (Å²) in [4.78, 5) is 13.9. The molecular formula is C13H27N3O2. The highest BCUT2D eigenvalue weighted by Gasteiger charge is 2.31. The van der Waals surface area contributed by atoms with Crippen molar-refractivity contribution >= 4 is 5.91 Å². The summed E-state index contributed by atoms with van der Waals surface area (Å²) in [6.07, 6.45) is 3.37. The zero-order valence-electron chi connectivity index (χ0n) is 11.9. The molecule has 1 aliphatic rings. The highest BCUT2D eigenvalue weighted by atomic mass is 16.5. The Labute approximate surface area is 110 Å². The summed E-state index contributed by atoms with van der Waals surface area (Å²) < 4.78 is 5.40. The molecule has 1 heterocycles. The molecule has 2 atom stereocenters. The fourth-order valence-electron chi connectivity index (χ4n) is 2.48. The first kappa shape index (κ1) is 15.4. The fraction of sp³-hybridized carbons (Fsp3) is 0.923. The minimum absolute atomic E-state index is 0.273. The zero-order chi connectivity index (χ0) is 13.6. The van der Waals surface area contributed by atoms with Crippen LogP contribution in [0.15, 0.2) is 0 Å². The van der Waals surface area contributed by atoms with E-state index in [-0.39, 0.29) is 5.91 Å². The van der Waals surface area contributed by atoms with Crippen molar-refractivity contribution in [1.82, 2.24) is 10.2 Å². The van der Waals surface area contributed by atoms with Crippen molar-refractivity contribution in [2.75, 3.05) is 33.3 Å². The SMILES string of the molecule is CCNC(C)(CCN1CCCC(OC)C1)C(N)=O. The van der Waals surface area contributed by atoms with Gasteiger partial charge < -0.3 is 20.7 Å². The second-order valence-corrected chi connectivity index (χ2v) is 5.28. The van der Waals surface area contributed by atoms with E-state index in [0.717, 1.165) is 45.4 Å². The van der Waals surface area contributed by atoms with E-state index in [4.69, 9.17) is 10.5 Å². The number of piperidine rings is 1. The Hall–Kier alpha value is -0.650. The summed E-state index contributed by atoms with van der Waals surface area (Å²) in [7, 11) is 1.76. The number of amides is 1. The normalized spacial score (nSPS) is 24.7. The number of nitrogens with zero attached hydrogens (tertiary/aromatic N) is 1. The van der Waals surface area contributed by atoms with E-state index < -0.39 is 5.54 Å². The standard InChI is InChI=1S/C13H27N3O2/c1-4-15-13(2,12(14)17)7-9-16-8-5-6-11(10-16)18-3/h11,15H,4-10H2,1-3H3,(H2,14,17). The monoisotopic (exact) mass is 257 g/mol. The van der Waals surface area contributed by atoms with Crippen LogP contribution in [0.5, 0.6) is 0 Å². The predicted octanol–water partition coefficient (Wildman–Crippen LogP) is 0.341. The largest absolute Gasteiger partial charge is 0.380 e. The van der Waals surface area contributed by atoms with E-state index in [1.54, 1.807) is 7.11 Å². The summed E-state index contributed by atoms with van der Waals surface area (Å²) in [5.41, 5.74) is 4.88. The van der Waals surface area contributed by atoms with Crippen molar-refractivity contribution in [2.24, 2.45) is 5.73 Å². The molecule has 106 valence electrons. The lowest BCUT2D eigenvalue weighted by Crippen LogP contribution is -2.55. The Morgan fingerprint density at radius 2 is 2.33 bits per heavy atom. The van der Waals surface area contributed by atoms with Gasteiger partial charge in [0.25, 0.3) is 0 Å². The summed E-state index contributed by atoms with van der Waals surface area (Å²) >= 11 is 0. The van der Waals surface area contributed by atoms with Gasteiger partial charge in [0.15, 0.2) is 0 Å². The molecule has 3 N–H and O–H groups in total. The van der Waals surface area contributed by atoms with Crippen LogP contribution in [0.25, 0.3) is 0 Å². The van der Waals surface area contributed by atoms with Crippen LogP contribution in [0.3, 0.4) is 0 Å². The van der Waals surface area contributed by atoms with Gasteiger partial charge in [0.1, 0.15) is 0 Å². The van der Waals surface area contributed by atoms with Crippen molar-refractivity contribution in [3.05, 3.63) is 0 Å². The van der Waals surface area contributed by atoms with Gasteiger partial charge in [0.05, 0.1) is 11.6 Å². The van der Waals surface area contributed by atoms with E-state index in [1.165, 1.54) is 0 Å². The molecule has 18 heavy (non-hydrogen) atoms. The lowest BCUT2D eigenvalue weighted by Gasteiger charge is -2.35. The molecule has 0 aromatic rings. The van der Waals surface area contributed by atoms with Crippen molar-refractivity contribution < 1.29 is 9.53 Å². The molecule has 1 rings (SSSR count). The number of likely N-dealkylation sites (tertiary alicyclic amines) is 1. The zero-order valence-corrected chi connectivity index (χ0v) is 11.9. The molecule has 0 radical (unpaired) electrons. The molecule has 1 saturated heterocycles. The molecule has 0 saturated carbocycles. The molecule has 5 nitrogen and oxygen atoms in total. The maximum atomic E-state index is 11.5. The quantitative estimate of drug-likeness (QED) is 0.690. The predicted molar refractivity (Wildman–Crippen MR) is 72.4 cm³/mol. The number of likely N-dealkylation sites (N-methyl/N-ethyl adjacent to an activating group) is 1. The van der Waals surface area contributed by atoms with Crippen LogP contribution in [-0.4, -0.2) is 55.7 Å². The summed E-state index contributed by atoms with van der Waals surface area (Å²) in [5.74, 6) is -0.273. The van der Waals surface area contributed by atoms with Crippen LogP contribution in [0.1, 0.15) is 33.1 Å². The number of hydrogen-bond acceptors (Lipinski definition) is 4. The van der Waals surface area contributed by atoms with E-state index in [2.05, 4.69) is 10.2 Å². The molecule has 0 spiro atoms. The van der Waals surface area contributed by atoms with Crippen LogP contribution in [0.4, 0.5) is 0 Å². The maximum Gasteiger partial charge on any atom is 0.237 e. The second kappa shape index (κ2) is 7.07. The first-order valence-corrected chi connectivity index (χ1v) is 6.82. The van der Waals surface area contributed by atoms with Crippen molar-refractivity contribution in [1.29, 1.82) is 0 Å². The lowest BCUT2D eigenvalue weighted by atomic mass is 9.95. The van der Waals surface area contributed by atoms with Gasteiger partial charge in [-0.15, -0.1) is 0 Å². The van der Waals surface area contributed by atoms with Crippen molar-refractivity contribution in [3.8, 4) is 0 Å². The first-order valence-electron chi connectivity index (χ1n) is 6.82. The third-order valence-corrected chi connectivity index (χ3v) is 3.83. The lowest BCUT2D eigenvalue weighted by molar-refractivity contribution is -0.124. The molecule has 0 aromatic heterocycles. The van der Waals surface area contributed by atoms with Gasteiger partial charge in [-0.3, -0.25) is 4.79 Å². The van der Waals surface area contributed by atoms with Crippen LogP contribution in [-0.2, 0) is 9.53 Å². The van der Waals surface area contributed by atoms with E-state index in [0.29, 0.717) is 6.10 Å². The molecule has 1 amide bonds. The van der Waals surface area contributed by atoms with Gasteiger partial charge in [-0.25, -0.2) is 0 Å². The van der Waals surface area contributed by atoms with E-state index in [9.17, 15) is 4.79 Å². The molecule has 0 bridgehead atoms. The summed E-state index contributed by atoms with van der Waals surface area (Å²) in [6, 6.07) is 0. The number of carbonyl (C=O) groups is 1. The number of nitrogens with one attached hydrogen (secondary N) is 1. The number of carbonyl (C=O) groups excluding carboxylic acids is 1. The Morgan fingerprint density at radius 3 is 2.89 bits per heavy atom. The molecule has 0 aliphatic carbocycles. The minimum atomic E-state index is -0.602. The number of primary amides is 1. The third-order valence-electron chi connectivity index (χ3n) is 3.83. The van der Waals surface area contributed by atoms with Gasteiger partial charge in [0.2, 0.25) is 5.91 Å². The average Bonchev–Trinajstić information content (AvgIpc) is 2.37. The fourth-order valence-corrected chi connectivity index (χ4v) is 2.48. The van der Waals surface area contributed by atoms with Crippen molar-refractivity contribution in [3.63, 3.8) is 0 Å². The summed E-state index contributed by atoms with van der Waals surface area (Å²) in [5, 5.41) is 3.19. The van der Waals surface area contributed by atoms with Crippen LogP contribution in [0.2, 0.25) is 0 Å². The third kappa shape index (κ3) is 4.23. The molecular weight excluding hydrogens is 230 g/mol. The molecule has 0 aromatic carbocycles. The Kier molecular flexibility index (Phi) is 6.05. The first-order chi connectivity index (χ1) is 8.51. The highest BCUT2D eigenvalue weighted by Crippen LogP contribution is 2.16. The molecule has 2 unspecified atom stereocenters. The van der Waals surface area contributed by atoms with E-state index in [1.807, 2.05) is 13.8 Å². The van der Waals surface area contributed by atoms with Crippen LogP contribution < -0.4 is 11.1 Å². The highest BCUT2D eigenvalue weighted by molar-refractivity contribution is 5.84. The smallest absolute Gasteiger partial charge is 0.237 e. The Bertz CT molecular complexity index is 273. The molecule has 5 heteroatoms. The maximum absolute atomic E-state index is 11.5. The average molecular weight is 257 g/mol. The number of hydrogen-bond donors (Lipinski definition) is 2. The van der Waals surface area contributed by atoms with E-state index >= 15 is 0 Å². The number of methoxy groups -OCH3 is 1.